The highest BCUT2D eigenvalue weighted by molar-refractivity contribution is 5.94. The molecule has 0 radical (unpaired) electrons. The zero-order chi connectivity index (χ0) is 25.1. The lowest BCUT2D eigenvalue weighted by Gasteiger charge is -2.26. The molecule has 0 fully saturated rings. The van der Waals surface area contributed by atoms with Crippen LogP contribution < -0.4 is 21.7 Å². The Hall–Kier alpha value is -2.94. The van der Waals surface area contributed by atoms with Gasteiger partial charge in [-0.1, -0.05) is 58.0 Å². The summed E-state index contributed by atoms with van der Waals surface area (Å²) in [7, 11) is 0. The minimum atomic E-state index is -1.16. The molecule has 0 spiro atoms. The first-order chi connectivity index (χ1) is 15.4. The Morgan fingerprint density at radius 2 is 1.18 bits per heavy atom. The smallest absolute Gasteiger partial charge is 0.326 e. The van der Waals surface area contributed by atoms with Crippen molar-refractivity contribution in [2.24, 2.45) is 17.6 Å². The third-order valence-electron chi connectivity index (χ3n) is 4.99. The number of aliphatic carboxylic acids is 1. The van der Waals surface area contributed by atoms with E-state index in [1.165, 1.54) is 6.92 Å². The second kappa shape index (κ2) is 13.6. The number of rotatable bonds is 13. The van der Waals surface area contributed by atoms with Crippen LogP contribution in [0.5, 0.6) is 0 Å². The molecule has 1 aromatic carbocycles. The lowest BCUT2D eigenvalue weighted by Crippen LogP contribution is -2.57. The van der Waals surface area contributed by atoms with Crippen LogP contribution in [0, 0.1) is 11.8 Å². The molecule has 4 unspecified atom stereocenters. The molecule has 0 bridgehead atoms. The first-order valence-corrected chi connectivity index (χ1v) is 11.3. The van der Waals surface area contributed by atoms with E-state index in [2.05, 4.69) is 16.0 Å². The molecule has 0 saturated heterocycles. The second-order valence-corrected chi connectivity index (χ2v) is 9.26. The van der Waals surface area contributed by atoms with Crippen LogP contribution in [0.2, 0.25) is 0 Å². The minimum absolute atomic E-state index is 0.0562. The van der Waals surface area contributed by atoms with Crippen LogP contribution in [0.3, 0.4) is 0 Å². The predicted molar refractivity (Wildman–Crippen MR) is 126 cm³/mol. The number of hydrogen-bond donors (Lipinski definition) is 5. The number of carboxylic acids is 1. The fourth-order valence-corrected chi connectivity index (χ4v) is 3.30. The molecular formula is C24H38N4O5. The van der Waals surface area contributed by atoms with Gasteiger partial charge in [0.15, 0.2) is 0 Å². The van der Waals surface area contributed by atoms with Crippen LogP contribution in [0.1, 0.15) is 53.0 Å². The van der Waals surface area contributed by atoms with E-state index in [0.717, 1.165) is 5.56 Å². The van der Waals surface area contributed by atoms with E-state index in [9.17, 15) is 24.3 Å². The normalized spacial score (nSPS) is 14.8. The number of carboxylic acid groups (broad SMARTS) is 1. The number of amides is 3. The van der Waals surface area contributed by atoms with Crippen LogP contribution in [-0.2, 0) is 25.6 Å². The third kappa shape index (κ3) is 10.5. The summed E-state index contributed by atoms with van der Waals surface area (Å²) in [4.78, 5) is 49.8. The summed E-state index contributed by atoms with van der Waals surface area (Å²) >= 11 is 0. The molecule has 0 aliphatic rings. The zero-order valence-corrected chi connectivity index (χ0v) is 20.1. The average molecular weight is 463 g/mol. The Bertz CT molecular complexity index is 795. The number of benzene rings is 1. The summed E-state index contributed by atoms with van der Waals surface area (Å²) < 4.78 is 0. The summed E-state index contributed by atoms with van der Waals surface area (Å²) in [6, 6.07) is 5.26. The summed E-state index contributed by atoms with van der Waals surface area (Å²) in [6.45, 7) is 9.14. The summed E-state index contributed by atoms with van der Waals surface area (Å²) in [5.41, 5.74) is 6.38. The van der Waals surface area contributed by atoms with E-state index in [1.807, 2.05) is 33.8 Å². The Labute approximate surface area is 195 Å². The zero-order valence-electron chi connectivity index (χ0n) is 20.1. The number of carbonyl (C=O) groups excluding carboxylic acids is 3. The van der Waals surface area contributed by atoms with Crippen molar-refractivity contribution in [3.8, 4) is 0 Å². The number of nitrogens with one attached hydrogen (secondary N) is 3. The molecule has 0 saturated carbocycles. The van der Waals surface area contributed by atoms with E-state index in [4.69, 9.17) is 5.73 Å². The van der Waals surface area contributed by atoms with Crippen LogP contribution >= 0.6 is 0 Å². The largest absolute Gasteiger partial charge is 0.480 e. The molecule has 3 amide bonds. The van der Waals surface area contributed by atoms with Gasteiger partial charge >= 0.3 is 5.97 Å². The maximum Gasteiger partial charge on any atom is 0.326 e. The maximum atomic E-state index is 13.0. The van der Waals surface area contributed by atoms with Gasteiger partial charge in [0, 0.05) is 6.42 Å². The Morgan fingerprint density at radius 3 is 1.58 bits per heavy atom. The van der Waals surface area contributed by atoms with E-state index < -0.39 is 47.9 Å². The van der Waals surface area contributed by atoms with Gasteiger partial charge in [-0.3, -0.25) is 14.4 Å². The highest BCUT2D eigenvalue weighted by Crippen LogP contribution is 2.10. The summed E-state index contributed by atoms with van der Waals surface area (Å²) in [5.74, 6) is -2.55. The topological polar surface area (TPSA) is 151 Å². The Kier molecular flexibility index (Phi) is 11.6. The number of carbonyl (C=O) groups is 4. The quantitative estimate of drug-likeness (QED) is 0.297. The Morgan fingerprint density at radius 1 is 0.758 bits per heavy atom. The molecule has 0 heterocycles. The molecule has 9 heteroatoms. The van der Waals surface area contributed by atoms with Gasteiger partial charge in [-0.15, -0.1) is 0 Å². The SMILES string of the molecule is CC(C)CC(NC(=O)C(C)N)C(=O)NC(CC(C)C)C(=O)NC(Cc1ccccc1)C(=O)O. The summed E-state index contributed by atoms with van der Waals surface area (Å²) in [5, 5.41) is 17.5. The van der Waals surface area contributed by atoms with Gasteiger partial charge in [-0.2, -0.15) is 0 Å². The monoisotopic (exact) mass is 462 g/mol. The van der Waals surface area contributed by atoms with E-state index >= 15 is 0 Å². The second-order valence-electron chi connectivity index (χ2n) is 9.26. The van der Waals surface area contributed by atoms with Crippen molar-refractivity contribution in [1.29, 1.82) is 0 Å². The molecular weight excluding hydrogens is 424 g/mol. The highest BCUT2D eigenvalue weighted by Gasteiger charge is 2.30. The van der Waals surface area contributed by atoms with E-state index in [0.29, 0.717) is 12.8 Å². The predicted octanol–water partition coefficient (Wildman–Crippen LogP) is 1.21. The minimum Gasteiger partial charge on any atom is -0.480 e. The van der Waals surface area contributed by atoms with E-state index in [1.54, 1.807) is 24.3 Å². The first-order valence-electron chi connectivity index (χ1n) is 11.3. The number of nitrogens with two attached hydrogens (primary N) is 1. The van der Waals surface area contributed by atoms with Crippen molar-refractivity contribution in [1.82, 2.24) is 16.0 Å². The van der Waals surface area contributed by atoms with Crippen molar-refractivity contribution < 1.29 is 24.3 Å². The fraction of sp³-hybridized carbons (Fsp3) is 0.583. The molecule has 1 rings (SSSR count). The van der Waals surface area contributed by atoms with Crippen molar-refractivity contribution in [3.63, 3.8) is 0 Å². The molecule has 0 aromatic heterocycles. The molecule has 33 heavy (non-hydrogen) atoms. The van der Waals surface area contributed by atoms with Gasteiger partial charge in [-0.05, 0) is 37.2 Å². The lowest BCUT2D eigenvalue weighted by atomic mass is 9.99. The standard InChI is InChI=1S/C24H38N4O5/c1-14(2)11-18(26-21(29)16(5)25)22(30)27-19(12-15(3)4)23(31)28-20(24(32)33)13-17-9-7-6-8-10-17/h6-10,14-16,18-20H,11-13,25H2,1-5H3,(H,26,29)(H,27,30)(H,28,31)(H,32,33). The fourth-order valence-electron chi connectivity index (χ4n) is 3.30. The molecule has 4 atom stereocenters. The highest BCUT2D eigenvalue weighted by atomic mass is 16.4. The molecule has 0 aliphatic carbocycles. The van der Waals surface area contributed by atoms with Gasteiger partial charge in [0.25, 0.3) is 0 Å². The molecule has 184 valence electrons. The van der Waals surface area contributed by atoms with Gasteiger partial charge in [0.2, 0.25) is 17.7 Å². The van der Waals surface area contributed by atoms with Crippen LogP contribution in [0.15, 0.2) is 30.3 Å². The van der Waals surface area contributed by atoms with Crippen molar-refractivity contribution in [3.05, 3.63) is 35.9 Å². The molecule has 0 aliphatic heterocycles. The Balaban J connectivity index is 2.98. The van der Waals surface area contributed by atoms with Gasteiger partial charge in [0.1, 0.15) is 18.1 Å². The van der Waals surface area contributed by atoms with Gasteiger partial charge < -0.3 is 26.8 Å². The van der Waals surface area contributed by atoms with Crippen LogP contribution in [-0.4, -0.2) is 53.0 Å². The van der Waals surface area contributed by atoms with Gasteiger partial charge in [-0.25, -0.2) is 4.79 Å². The average Bonchev–Trinajstić information content (AvgIpc) is 2.72. The summed E-state index contributed by atoms with van der Waals surface area (Å²) in [6.07, 6.45) is 0.793. The maximum absolute atomic E-state index is 13.0. The van der Waals surface area contributed by atoms with Crippen LogP contribution in [0.4, 0.5) is 0 Å². The van der Waals surface area contributed by atoms with E-state index in [-0.39, 0.29) is 18.3 Å². The molecule has 6 N–H and O–H groups in total. The third-order valence-corrected chi connectivity index (χ3v) is 4.99. The van der Waals surface area contributed by atoms with Crippen molar-refractivity contribution in [2.75, 3.05) is 0 Å². The van der Waals surface area contributed by atoms with Crippen molar-refractivity contribution in [2.45, 2.75) is 78.0 Å². The lowest BCUT2D eigenvalue weighted by molar-refractivity contribution is -0.142. The molecule has 9 nitrogen and oxygen atoms in total. The number of hydrogen-bond acceptors (Lipinski definition) is 5. The first kappa shape index (κ1) is 28.1. The van der Waals surface area contributed by atoms with Crippen molar-refractivity contribution >= 4 is 23.7 Å². The van der Waals surface area contributed by atoms with Crippen LogP contribution in [0.25, 0.3) is 0 Å². The molecule has 1 aromatic rings. The van der Waals surface area contributed by atoms with Gasteiger partial charge in [0.05, 0.1) is 6.04 Å².